The number of aliphatic hydroxyl groups excluding tert-OH is 1. The highest BCUT2D eigenvalue weighted by Crippen LogP contribution is 2.23. The second-order valence-corrected chi connectivity index (χ2v) is 8.36. The highest BCUT2D eigenvalue weighted by molar-refractivity contribution is 7.95. The third kappa shape index (κ3) is 8.04. The van der Waals surface area contributed by atoms with Gasteiger partial charge in [-0.25, -0.2) is 8.42 Å². The number of rotatable bonds is 12. The molecule has 1 aromatic rings. The summed E-state index contributed by atoms with van der Waals surface area (Å²) in [6.45, 7) is 4.10. The van der Waals surface area contributed by atoms with E-state index < -0.39 is 9.84 Å². The van der Waals surface area contributed by atoms with E-state index in [2.05, 4.69) is 12.7 Å². The van der Waals surface area contributed by atoms with Crippen molar-refractivity contribution in [2.75, 3.05) is 0 Å². The summed E-state index contributed by atoms with van der Waals surface area (Å²) >= 11 is 0. The average molecular weight is 365 g/mol. The van der Waals surface area contributed by atoms with E-state index in [0.717, 1.165) is 51.4 Å². The molecule has 0 saturated carbocycles. The number of benzene rings is 1. The van der Waals surface area contributed by atoms with Crippen molar-refractivity contribution < 1.29 is 13.5 Å². The predicted molar refractivity (Wildman–Crippen MR) is 104 cm³/mol. The molecule has 0 aromatic heterocycles. The lowest BCUT2D eigenvalue weighted by atomic mass is 10.1. The lowest BCUT2D eigenvalue weighted by Gasteiger charge is -2.09. The molecule has 0 aliphatic rings. The fourth-order valence-corrected chi connectivity index (χ4v) is 4.03. The summed E-state index contributed by atoms with van der Waals surface area (Å²) in [5.74, 6) is 0. The van der Waals surface area contributed by atoms with Crippen molar-refractivity contribution in [1.82, 2.24) is 0 Å². The van der Waals surface area contributed by atoms with Crippen molar-refractivity contribution in [2.24, 2.45) is 0 Å². The largest absolute Gasteiger partial charge is 0.393 e. The summed E-state index contributed by atoms with van der Waals surface area (Å²) < 4.78 is 25.7. The van der Waals surface area contributed by atoms with E-state index in [0.29, 0.717) is 16.2 Å². The average Bonchev–Trinajstić information content (AvgIpc) is 2.63. The van der Waals surface area contributed by atoms with Crippen LogP contribution < -0.4 is 0 Å². The van der Waals surface area contributed by atoms with Crippen LogP contribution in [-0.4, -0.2) is 19.6 Å². The van der Waals surface area contributed by atoms with Gasteiger partial charge in [0, 0.05) is 0 Å². The van der Waals surface area contributed by atoms with Gasteiger partial charge in [0.1, 0.15) is 0 Å². The lowest BCUT2D eigenvalue weighted by molar-refractivity contribution is 0.157. The van der Waals surface area contributed by atoms with Gasteiger partial charge in [-0.15, -0.1) is 5.73 Å². The van der Waals surface area contributed by atoms with Crippen LogP contribution in [0.25, 0.3) is 0 Å². The van der Waals surface area contributed by atoms with Crippen molar-refractivity contribution >= 4 is 9.84 Å². The SMILES string of the molecule is CCCCCC=C=C(CCCCC(O)CC)S(=O)(=O)c1ccccc1. The molecule has 25 heavy (non-hydrogen) atoms. The number of allylic oxidation sites excluding steroid dienone is 1. The van der Waals surface area contributed by atoms with Gasteiger partial charge in [-0.05, 0) is 56.7 Å². The Morgan fingerprint density at radius 2 is 1.84 bits per heavy atom. The van der Waals surface area contributed by atoms with Crippen molar-refractivity contribution in [2.45, 2.75) is 82.6 Å². The van der Waals surface area contributed by atoms with Crippen molar-refractivity contribution in [3.8, 4) is 0 Å². The zero-order valence-corrected chi connectivity index (χ0v) is 16.4. The summed E-state index contributed by atoms with van der Waals surface area (Å²) in [6, 6.07) is 8.57. The lowest BCUT2D eigenvalue weighted by Crippen LogP contribution is -2.06. The number of sulfone groups is 1. The number of aliphatic hydroxyl groups is 1. The van der Waals surface area contributed by atoms with E-state index >= 15 is 0 Å². The summed E-state index contributed by atoms with van der Waals surface area (Å²) in [6.07, 6.45) is 9.28. The van der Waals surface area contributed by atoms with E-state index in [1.165, 1.54) is 0 Å². The molecule has 4 heteroatoms. The third-order valence-electron chi connectivity index (χ3n) is 4.26. The normalized spacial score (nSPS) is 12.4. The maximum atomic E-state index is 12.9. The van der Waals surface area contributed by atoms with Crippen LogP contribution in [-0.2, 0) is 9.84 Å². The minimum Gasteiger partial charge on any atom is -0.393 e. The van der Waals surface area contributed by atoms with Crippen LogP contribution in [0.5, 0.6) is 0 Å². The molecule has 1 N–H and O–H groups in total. The van der Waals surface area contributed by atoms with E-state index in [-0.39, 0.29) is 6.10 Å². The quantitative estimate of drug-likeness (QED) is 0.398. The highest BCUT2D eigenvalue weighted by atomic mass is 32.2. The van der Waals surface area contributed by atoms with Crippen LogP contribution in [0.15, 0.2) is 51.9 Å². The minimum absolute atomic E-state index is 0.289. The molecule has 1 rings (SSSR count). The molecule has 3 nitrogen and oxygen atoms in total. The Hall–Kier alpha value is -1.35. The Bertz CT molecular complexity index is 641. The Labute approximate surface area is 153 Å². The first kappa shape index (κ1) is 21.7. The molecule has 0 spiro atoms. The van der Waals surface area contributed by atoms with Crippen LogP contribution in [0, 0.1) is 0 Å². The second kappa shape index (κ2) is 12.1. The topological polar surface area (TPSA) is 54.4 Å². The van der Waals surface area contributed by atoms with E-state index in [9.17, 15) is 13.5 Å². The summed E-state index contributed by atoms with van der Waals surface area (Å²) in [7, 11) is -3.49. The number of unbranched alkanes of at least 4 members (excludes halogenated alkanes) is 4. The molecule has 0 aliphatic heterocycles. The molecule has 0 saturated heterocycles. The van der Waals surface area contributed by atoms with E-state index in [1.807, 2.05) is 19.1 Å². The molecular weight excluding hydrogens is 332 g/mol. The molecule has 140 valence electrons. The molecule has 1 aromatic carbocycles. The monoisotopic (exact) mass is 364 g/mol. The molecule has 1 unspecified atom stereocenters. The van der Waals surface area contributed by atoms with E-state index in [1.54, 1.807) is 24.3 Å². The second-order valence-electron chi connectivity index (χ2n) is 6.39. The van der Waals surface area contributed by atoms with Gasteiger partial charge in [0.2, 0.25) is 9.84 Å². The Balaban J connectivity index is 2.86. The molecule has 0 bridgehead atoms. The van der Waals surface area contributed by atoms with Crippen LogP contribution in [0.3, 0.4) is 0 Å². The minimum atomic E-state index is -3.49. The molecule has 0 aliphatic carbocycles. The molecular formula is C21H32O3S. The Morgan fingerprint density at radius 1 is 1.12 bits per heavy atom. The van der Waals surface area contributed by atoms with Gasteiger partial charge in [0.15, 0.2) is 0 Å². The van der Waals surface area contributed by atoms with Gasteiger partial charge in [-0.1, -0.05) is 51.3 Å². The molecule has 0 radical (unpaired) electrons. The van der Waals surface area contributed by atoms with Crippen LogP contribution >= 0.6 is 0 Å². The fourth-order valence-electron chi connectivity index (χ4n) is 2.58. The maximum Gasteiger partial charge on any atom is 0.210 e. The summed E-state index contributed by atoms with van der Waals surface area (Å²) in [5, 5.41) is 9.64. The summed E-state index contributed by atoms with van der Waals surface area (Å²) in [4.78, 5) is 0.689. The molecule has 0 amide bonds. The smallest absolute Gasteiger partial charge is 0.210 e. The standard InChI is InChI=1S/C21H32O3S/c1-3-5-6-7-9-15-21(18-13-12-14-19(22)4-2)25(23,24)20-16-10-8-11-17-20/h8-11,16-17,19,22H,3-7,12-14,18H2,1-2H3. The fraction of sp³-hybridized carbons (Fsp3) is 0.571. The first-order chi connectivity index (χ1) is 12.0. The molecule has 1 atom stereocenters. The molecule has 0 heterocycles. The van der Waals surface area contributed by atoms with Gasteiger partial charge in [0.05, 0.1) is 15.9 Å². The maximum absolute atomic E-state index is 12.9. The van der Waals surface area contributed by atoms with Crippen molar-refractivity contribution in [3.05, 3.63) is 47.0 Å². The van der Waals surface area contributed by atoms with Crippen molar-refractivity contribution in [3.63, 3.8) is 0 Å². The first-order valence-corrected chi connectivity index (χ1v) is 10.9. The van der Waals surface area contributed by atoms with Gasteiger partial charge in [-0.3, -0.25) is 0 Å². The van der Waals surface area contributed by atoms with Gasteiger partial charge in [0.25, 0.3) is 0 Å². The number of hydrogen-bond acceptors (Lipinski definition) is 3. The predicted octanol–water partition coefficient (Wildman–Crippen LogP) is 5.41. The van der Waals surface area contributed by atoms with Crippen LogP contribution in [0.1, 0.15) is 71.6 Å². The summed E-state index contributed by atoms with van der Waals surface area (Å²) in [5.41, 5.74) is 3.06. The van der Waals surface area contributed by atoms with Gasteiger partial charge < -0.3 is 5.11 Å². The molecule has 0 fully saturated rings. The first-order valence-electron chi connectivity index (χ1n) is 9.44. The third-order valence-corrected chi connectivity index (χ3v) is 6.12. The zero-order chi connectivity index (χ0) is 18.5. The zero-order valence-electron chi connectivity index (χ0n) is 15.6. The van der Waals surface area contributed by atoms with E-state index in [4.69, 9.17) is 0 Å². The highest BCUT2D eigenvalue weighted by Gasteiger charge is 2.19. The van der Waals surface area contributed by atoms with Gasteiger partial charge >= 0.3 is 0 Å². The van der Waals surface area contributed by atoms with Crippen LogP contribution in [0.4, 0.5) is 0 Å². The van der Waals surface area contributed by atoms with Crippen LogP contribution in [0.2, 0.25) is 0 Å². The van der Waals surface area contributed by atoms with Gasteiger partial charge in [-0.2, -0.15) is 0 Å². The Morgan fingerprint density at radius 3 is 2.48 bits per heavy atom. The number of hydrogen-bond donors (Lipinski definition) is 1. The Kier molecular flexibility index (Phi) is 10.5. The van der Waals surface area contributed by atoms with Crippen molar-refractivity contribution in [1.29, 1.82) is 0 Å².